The monoisotopic (exact) mass is 244 g/mol. The predicted octanol–water partition coefficient (Wildman–Crippen LogP) is 2.71. The van der Waals surface area contributed by atoms with Crippen molar-refractivity contribution in [3.63, 3.8) is 0 Å². The first-order valence-corrected chi connectivity index (χ1v) is 5.66. The Kier molecular flexibility index (Phi) is 2.30. The molecule has 3 aromatic rings. The number of nitrogens with zero attached hydrogens (tertiary/aromatic N) is 3. The molecule has 0 aliphatic rings. The van der Waals surface area contributed by atoms with E-state index in [9.17, 15) is 5.26 Å². The summed E-state index contributed by atoms with van der Waals surface area (Å²) in [5, 5.41) is 20.8. The number of nitriles is 2. The number of nitrogens with two attached hydrogens (primary N) is 1. The van der Waals surface area contributed by atoms with Crippen LogP contribution in [0.1, 0.15) is 11.1 Å². The average Bonchev–Trinajstić information content (AvgIpc) is 2.85. The number of rotatable bonds is 0. The third-order valence-corrected chi connectivity index (χ3v) is 3.14. The largest absolute Gasteiger partial charge is 0.398 e. The Bertz CT molecular complexity index is 898. The second-order valence-electron chi connectivity index (χ2n) is 4.20. The van der Waals surface area contributed by atoms with Crippen molar-refractivity contribution in [2.24, 2.45) is 0 Å². The molecule has 88 valence electrons. The van der Waals surface area contributed by atoms with Crippen LogP contribution in [0.25, 0.3) is 21.7 Å². The predicted molar refractivity (Wildman–Crippen MR) is 73.1 cm³/mol. The molecule has 0 aliphatic heterocycles. The van der Waals surface area contributed by atoms with Crippen LogP contribution in [0.3, 0.4) is 0 Å². The number of hydrogen-bond donors (Lipinski definition) is 1. The number of fused-ring (bicyclic) bond motifs is 3. The van der Waals surface area contributed by atoms with Crippen molar-refractivity contribution in [1.82, 2.24) is 4.98 Å². The minimum atomic E-state index is 0.406. The van der Waals surface area contributed by atoms with Gasteiger partial charge < -0.3 is 5.73 Å². The molecule has 1 heterocycles. The van der Waals surface area contributed by atoms with Gasteiger partial charge in [-0.2, -0.15) is 10.5 Å². The fraction of sp³-hybridized carbons (Fsp3) is 0. The average molecular weight is 244 g/mol. The Balaban J connectivity index is 2.61. The fourth-order valence-electron chi connectivity index (χ4n) is 2.19. The van der Waals surface area contributed by atoms with Gasteiger partial charge in [-0.15, -0.1) is 0 Å². The summed E-state index contributed by atoms with van der Waals surface area (Å²) in [6, 6.07) is 13.0. The van der Waals surface area contributed by atoms with E-state index in [1.165, 1.54) is 0 Å². The van der Waals surface area contributed by atoms with Gasteiger partial charge >= 0.3 is 0 Å². The van der Waals surface area contributed by atoms with Crippen LogP contribution < -0.4 is 5.73 Å². The maximum atomic E-state index is 9.18. The van der Waals surface area contributed by atoms with Crippen LogP contribution >= 0.6 is 0 Å². The van der Waals surface area contributed by atoms with Crippen molar-refractivity contribution in [1.29, 1.82) is 10.5 Å². The number of nitrogen functional groups attached to an aromatic ring is 1. The highest BCUT2D eigenvalue weighted by atomic mass is 14.7. The molecule has 0 saturated carbocycles. The maximum Gasteiger partial charge on any atom is 0.101 e. The standard InChI is InChI=1S/C15H8N4/c16-7-10-5-9-1-2-14(18)11(8-17)6-13(9)15-12(10)3-4-19-15/h1-6H,18H2. The van der Waals surface area contributed by atoms with E-state index in [2.05, 4.69) is 17.1 Å². The van der Waals surface area contributed by atoms with E-state index in [1.54, 1.807) is 36.5 Å². The molecular weight excluding hydrogens is 236 g/mol. The Labute approximate surface area is 109 Å². The second kappa shape index (κ2) is 3.97. The zero-order chi connectivity index (χ0) is 13.4. The van der Waals surface area contributed by atoms with E-state index < -0.39 is 0 Å². The Morgan fingerprint density at radius 2 is 1.74 bits per heavy atom. The van der Waals surface area contributed by atoms with Gasteiger partial charge in [0.15, 0.2) is 0 Å². The Morgan fingerprint density at radius 1 is 0.947 bits per heavy atom. The summed E-state index contributed by atoms with van der Waals surface area (Å²) in [5.41, 5.74) is 7.93. The molecule has 0 unspecified atom stereocenters. The van der Waals surface area contributed by atoms with Crippen molar-refractivity contribution in [3.8, 4) is 12.1 Å². The third-order valence-electron chi connectivity index (χ3n) is 3.14. The van der Waals surface area contributed by atoms with Crippen molar-refractivity contribution in [2.75, 3.05) is 5.73 Å². The lowest BCUT2D eigenvalue weighted by molar-refractivity contribution is 1.48. The molecule has 0 amide bonds. The second-order valence-corrected chi connectivity index (χ2v) is 4.20. The van der Waals surface area contributed by atoms with Crippen LogP contribution in [0.15, 0.2) is 36.5 Å². The quantitative estimate of drug-likeness (QED) is 0.658. The SMILES string of the molecule is N#Cc1cc2c(ccc1N)cc(C#N)c1ccnc12. The molecule has 0 saturated heterocycles. The topological polar surface area (TPSA) is 86.5 Å². The molecule has 4 heteroatoms. The van der Waals surface area contributed by atoms with Gasteiger partial charge in [-0.1, -0.05) is 6.07 Å². The van der Waals surface area contributed by atoms with E-state index in [4.69, 9.17) is 11.0 Å². The molecule has 0 fully saturated rings. The van der Waals surface area contributed by atoms with Gasteiger partial charge in [0.1, 0.15) is 6.07 Å². The zero-order valence-electron chi connectivity index (χ0n) is 9.88. The summed E-state index contributed by atoms with van der Waals surface area (Å²) >= 11 is 0. The summed E-state index contributed by atoms with van der Waals surface area (Å²) in [4.78, 5) is 4.29. The van der Waals surface area contributed by atoms with Gasteiger partial charge in [-0.05, 0) is 29.7 Å². The lowest BCUT2D eigenvalue weighted by atomic mass is 10.0. The Hall–Kier alpha value is -3.11. The van der Waals surface area contributed by atoms with Gasteiger partial charge in [-0.3, -0.25) is 4.98 Å². The molecule has 2 aromatic carbocycles. The number of hydrogen-bond acceptors (Lipinski definition) is 4. The molecular formula is C15H8N4. The summed E-state index contributed by atoms with van der Waals surface area (Å²) in [6.45, 7) is 0. The highest BCUT2D eigenvalue weighted by Gasteiger charge is 2.09. The number of anilines is 1. The van der Waals surface area contributed by atoms with Crippen LogP contribution in [0, 0.1) is 22.7 Å². The van der Waals surface area contributed by atoms with Crippen LogP contribution in [0.2, 0.25) is 0 Å². The van der Waals surface area contributed by atoms with E-state index in [0.717, 1.165) is 21.7 Å². The molecule has 0 radical (unpaired) electrons. The molecule has 4 nitrogen and oxygen atoms in total. The first-order chi connectivity index (χ1) is 9.24. The van der Waals surface area contributed by atoms with Gasteiger partial charge in [0, 0.05) is 22.7 Å². The lowest BCUT2D eigenvalue weighted by Gasteiger charge is -1.98. The Morgan fingerprint density at radius 3 is 2.47 bits per heavy atom. The molecule has 0 atom stereocenters. The van der Waals surface area contributed by atoms with Gasteiger partial charge in [0.2, 0.25) is 0 Å². The van der Waals surface area contributed by atoms with Gasteiger partial charge in [-0.25, -0.2) is 0 Å². The first-order valence-electron chi connectivity index (χ1n) is 5.66. The third kappa shape index (κ3) is 1.55. The fourth-order valence-corrected chi connectivity index (χ4v) is 2.19. The lowest BCUT2D eigenvalue weighted by Crippen LogP contribution is -1.85. The normalized spacial score (nSPS) is 10.2. The summed E-state index contributed by atoms with van der Waals surface area (Å²) < 4.78 is 0. The van der Waals surface area contributed by atoms with Crippen LogP contribution in [0.5, 0.6) is 0 Å². The summed E-state index contributed by atoms with van der Waals surface area (Å²) in [7, 11) is 0. The van der Waals surface area contributed by atoms with E-state index in [-0.39, 0.29) is 0 Å². The highest BCUT2D eigenvalue weighted by molar-refractivity contribution is 6.08. The van der Waals surface area contributed by atoms with Crippen molar-refractivity contribution in [3.05, 3.63) is 47.7 Å². The molecule has 19 heavy (non-hydrogen) atoms. The number of benzene rings is 1. The molecule has 0 spiro atoms. The molecule has 3 rings (SSSR count). The van der Waals surface area contributed by atoms with Crippen LogP contribution in [-0.4, -0.2) is 4.98 Å². The van der Waals surface area contributed by atoms with Crippen molar-refractivity contribution < 1.29 is 0 Å². The van der Waals surface area contributed by atoms with E-state index >= 15 is 0 Å². The van der Waals surface area contributed by atoms with Crippen LogP contribution in [-0.2, 0) is 0 Å². The first kappa shape index (κ1) is 11.0. The van der Waals surface area contributed by atoms with Crippen LogP contribution in [0.4, 0.5) is 5.69 Å². The highest BCUT2D eigenvalue weighted by Crippen LogP contribution is 2.28. The summed E-state index contributed by atoms with van der Waals surface area (Å²) in [6.07, 6.45) is 1.66. The van der Waals surface area contributed by atoms with Crippen molar-refractivity contribution in [2.45, 2.75) is 0 Å². The molecule has 0 aliphatic carbocycles. The smallest absolute Gasteiger partial charge is 0.101 e. The van der Waals surface area contributed by atoms with Gasteiger partial charge in [0.05, 0.1) is 22.7 Å². The molecule has 1 aromatic heterocycles. The zero-order valence-corrected chi connectivity index (χ0v) is 9.88. The molecule has 0 bridgehead atoms. The van der Waals surface area contributed by atoms with Gasteiger partial charge in [0.25, 0.3) is 0 Å². The number of aromatic nitrogens is 1. The van der Waals surface area contributed by atoms with E-state index in [0.29, 0.717) is 16.8 Å². The van der Waals surface area contributed by atoms with Crippen molar-refractivity contribution >= 4 is 27.4 Å². The maximum absolute atomic E-state index is 9.18. The molecule has 2 N–H and O–H groups in total. The summed E-state index contributed by atoms with van der Waals surface area (Å²) in [5.74, 6) is 0. The minimum absolute atomic E-state index is 0.406. The minimum Gasteiger partial charge on any atom is -0.398 e. The van der Waals surface area contributed by atoms with E-state index in [1.807, 2.05) is 0 Å².